The lowest BCUT2D eigenvalue weighted by atomic mass is 10.1. The Morgan fingerprint density at radius 3 is 2.44 bits per heavy atom. The number of carbonyl (C=O) groups excluding carboxylic acids is 2. The van der Waals surface area contributed by atoms with Crippen molar-refractivity contribution in [3.8, 4) is 0 Å². The maximum Gasteiger partial charge on any atom is 0.414 e. The molecule has 1 aromatic heterocycles. The van der Waals surface area contributed by atoms with Crippen LogP contribution in [0.1, 0.15) is 45.3 Å². The summed E-state index contributed by atoms with van der Waals surface area (Å²) in [4.78, 5) is 35.1. The van der Waals surface area contributed by atoms with Gasteiger partial charge in [-0.3, -0.25) is 14.6 Å². The number of hydrogen-bond acceptors (Lipinski definition) is 4. The van der Waals surface area contributed by atoms with Crippen molar-refractivity contribution < 1.29 is 22.8 Å². The Balaban J connectivity index is 2.41. The smallest absolute Gasteiger partial charge is 0.338 e. The molecule has 6 nitrogen and oxygen atoms in total. The molecule has 0 bridgehead atoms. The minimum Gasteiger partial charge on any atom is -0.338 e. The molecule has 0 aromatic carbocycles. The van der Waals surface area contributed by atoms with Crippen molar-refractivity contribution in [2.45, 2.75) is 45.8 Å². The van der Waals surface area contributed by atoms with E-state index in [0.29, 0.717) is 18.7 Å². The van der Waals surface area contributed by atoms with Crippen molar-refractivity contribution in [3.63, 3.8) is 0 Å². The zero-order valence-corrected chi connectivity index (χ0v) is 18.3. The number of nitrogens with one attached hydrogen (secondary N) is 1. The second-order valence-corrected chi connectivity index (χ2v) is 7.32. The Hall–Kier alpha value is -3.23. The van der Waals surface area contributed by atoms with Crippen LogP contribution in [0.15, 0.2) is 65.0 Å². The number of hydrogen-bond donors (Lipinski definition) is 1. The Labute approximate surface area is 185 Å². The molecule has 1 aliphatic heterocycles. The summed E-state index contributed by atoms with van der Waals surface area (Å²) in [6, 6.07) is 1.76. The molecule has 2 rings (SSSR count). The molecule has 0 saturated carbocycles. The maximum absolute atomic E-state index is 13.7. The van der Waals surface area contributed by atoms with Gasteiger partial charge in [-0.05, 0) is 51.3 Å². The van der Waals surface area contributed by atoms with E-state index in [0.717, 1.165) is 12.8 Å². The Morgan fingerprint density at radius 1 is 1.19 bits per heavy atom. The largest absolute Gasteiger partial charge is 0.414 e. The highest BCUT2D eigenvalue weighted by molar-refractivity contribution is 6.38. The molecule has 1 aromatic rings. The summed E-state index contributed by atoms with van der Waals surface area (Å²) < 4.78 is 41.1. The summed E-state index contributed by atoms with van der Waals surface area (Å²) in [7, 11) is 0. The number of amides is 2. The molecule has 1 saturated heterocycles. The lowest BCUT2D eigenvalue weighted by Crippen LogP contribution is -2.39. The van der Waals surface area contributed by atoms with Crippen molar-refractivity contribution in [2.75, 3.05) is 13.1 Å². The molecule has 1 aliphatic rings. The van der Waals surface area contributed by atoms with Gasteiger partial charge in [-0.25, -0.2) is 4.99 Å². The van der Waals surface area contributed by atoms with Crippen molar-refractivity contribution in [2.24, 2.45) is 4.99 Å². The molecule has 1 unspecified atom stereocenters. The van der Waals surface area contributed by atoms with Gasteiger partial charge in [-0.2, -0.15) is 13.2 Å². The summed E-state index contributed by atoms with van der Waals surface area (Å²) >= 11 is 0. The number of pyridine rings is 1. The SMILES string of the molecule is C\C=C/C=C\C(C)=C(\N=C(C)C(=O)N1CCCC1)C(=O)NC(c1ccccn1)C(F)(F)F. The maximum atomic E-state index is 13.7. The van der Waals surface area contributed by atoms with E-state index in [1.807, 2.05) is 5.32 Å². The number of carbonyl (C=O) groups is 2. The number of rotatable bonds is 7. The molecule has 1 atom stereocenters. The van der Waals surface area contributed by atoms with E-state index >= 15 is 0 Å². The number of likely N-dealkylation sites (tertiary alicyclic amines) is 1. The second-order valence-electron chi connectivity index (χ2n) is 7.32. The van der Waals surface area contributed by atoms with Gasteiger partial charge in [-0.1, -0.05) is 30.4 Å². The fourth-order valence-electron chi connectivity index (χ4n) is 3.14. The summed E-state index contributed by atoms with van der Waals surface area (Å²) in [6.07, 6.45) is 4.86. The first kappa shape index (κ1) is 25.0. The topological polar surface area (TPSA) is 74.7 Å². The van der Waals surface area contributed by atoms with Gasteiger partial charge in [0.05, 0.1) is 5.69 Å². The first-order chi connectivity index (χ1) is 15.1. The van der Waals surface area contributed by atoms with Crippen LogP contribution in [0.3, 0.4) is 0 Å². The van der Waals surface area contributed by atoms with E-state index in [2.05, 4.69) is 9.98 Å². The highest BCUT2D eigenvalue weighted by Gasteiger charge is 2.43. The molecule has 172 valence electrons. The number of halogens is 3. The van der Waals surface area contributed by atoms with Crippen molar-refractivity contribution >= 4 is 17.5 Å². The zero-order valence-electron chi connectivity index (χ0n) is 18.3. The van der Waals surface area contributed by atoms with Gasteiger partial charge in [0.15, 0.2) is 6.04 Å². The van der Waals surface area contributed by atoms with Crippen LogP contribution in [0.2, 0.25) is 0 Å². The van der Waals surface area contributed by atoms with E-state index < -0.39 is 18.1 Å². The van der Waals surface area contributed by atoms with Crippen molar-refractivity contribution in [1.82, 2.24) is 15.2 Å². The third kappa shape index (κ3) is 6.90. The molecule has 2 amide bonds. The summed E-state index contributed by atoms with van der Waals surface area (Å²) in [5.41, 5.74) is -0.252. The Bertz CT molecular complexity index is 928. The van der Waals surface area contributed by atoms with E-state index in [-0.39, 0.29) is 23.0 Å². The van der Waals surface area contributed by atoms with Crippen LogP contribution in [-0.4, -0.2) is 46.7 Å². The van der Waals surface area contributed by atoms with Gasteiger partial charge in [0.1, 0.15) is 11.4 Å². The van der Waals surface area contributed by atoms with Crippen LogP contribution >= 0.6 is 0 Å². The van der Waals surface area contributed by atoms with E-state index in [1.165, 1.54) is 31.3 Å². The quantitative estimate of drug-likeness (QED) is 0.384. The molecule has 0 spiro atoms. The standard InChI is InChI=1S/C23H27F3N4O2/c1-4-5-6-11-16(2)19(28-17(3)22(32)30-14-9-10-15-30)21(31)29-20(23(24,25)26)18-12-7-8-13-27-18/h4-8,11-13,20H,9-10,14-15H2,1-3H3,(H,29,31)/b5-4-,11-6-,19-16+,28-17?. The van der Waals surface area contributed by atoms with E-state index in [4.69, 9.17) is 0 Å². The minimum atomic E-state index is -4.77. The number of aliphatic imine (C=N–C) groups is 1. The third-order valence-electron chi connectivity index (χ3n) is 4.81. The van der Waals surface area contributed by atoms with E-state index in [1.54, 1.807) is 43.1 Å². The van der Waals surface area contributed by atoms with Crippen molar-refractivity contribution in [1.29, 1.82) is 0 Å². The molecule has 1 fully saturated rings. The summed E-state index contributed by atoms with van der Waals surface area (Å²) in [5.74, 6) is -1.38. The molecule has 9 heteroatoms. The molecule has 2 heterocycles. The summed E-state index contributed by atoms with van der Waals surface area (Å²) in [6.45, 7) is 5.99. The molecular formula is C23H27F3N4O2. The molecule has 1 N–H and O–H groups in total. The number of alkyl halides is 3. The van der Waals surface area contributed by atoms with Gasteiger partial charge in [0.2, 0.25) is 0 Å². The van der Waals surface area contributed by atoms with Crippen LogP contribution in [0.4, 0.5) is 13.2 Å². The lowest BCUT2D eigenvalue weighted by Gasteiger charge is -2.22. The predicted octanol–water partition coefficient (Wildman–Crippen LogP) is 4.29. The fraction of sp³-hybridized carbons (Fsp3) is 0.391. The molecule has 32 heavy (non-hydrogen) atoms. The van der Waals surface area contributed by atoms with Gasteiger partial charge in [-0.15, -0.1) is 0 Å². The highest BCUT2D eigenvalue weighted by Crippen LogP contribution is 2.32. The van der Waals surface area contributed by atoms with Crippen molar-refractivity contribution in [3.05, 3.63) is 65.7 Å². The first-order valence-electron chi connectivity index (χ1n) is 10.3. The molecule has 0 aliphatic carbocycles. The lowest BCUT2D eigenvalue weighted by molar-refractivity contribution is -0.163. The van der Waals surface area contributed by atoms with E-state index in [9.17, 15) is 22.8 Å². The van der Waals surface area contributed by atoms with Crippen LogP contribution in [-0.2, 0) is 9.59 Å². The third-order valence-corrected chi connectivity index (χ3v) is 4.81. The van der Waals surface area contributed by atoms with Gasteiger partial charge in [0.25, 0.3) is 11.8 Å². The highest BCUT2D eigenvalue weighted by atomic mass is 19.4. The summed E-state index contributed by atoms with van der Waals surface area (Å²) in [5, 5.41) is 1.99. The minimum absolute atomic E-state index is 0.0391. The number of nitrogens with zero attached hydrogens (tertiary/aromatic N) is 3. The van der Waals surface area contributed by atoms with Gasteiger partial charge >= 0.3 is 6.18 Å². The number of aromatic nitrogens is 1. The van der Waals surface area contributed by atoms with Gasteiger partial charge in [0, 0.05) is 19.3 Å². The van der Waals surface area contributed by atoms with Crippen LogP contribution < -0.4 is 5.32 Å². The van der Waals surface area contributed by atoms with Crippen LogP contribution in [0.5, 0.6) is 0 Å². The van der Waals surface area contributed by atoms with Crippen LogP contribution in [0.25, 0.3) is 0 Å². The van der Waals surface area contributed by atoms with Gasteiger partial charge < -0.3 is 10.2 Å². The Morgan fingerprint density at radius 2 is 1.88 bits per heavy atom. The number of allylic oxidation sites excluding steroid dienone is 5. The Kier molecular flexibility index (Phi) is 8.92. The molecule has 0 radical (unpaired) electrons. The predicted molar refractivity (Wildman–Crippen MR) is 117 cm³/mol. The van der Waals surface area contributed by atoms with Crippen LogP contribution in [0, 0.1) is 0 Å². The fourth-order valence-corrected chi connectivity index (χ4v) is 3.14. The zero-order chi connectivity index (χ0) is 23.7. The second kappa shape index (κ2) is 11.4. The average Bonchev–Trinajstić information content (AvgIpc) is 3.29. The molecular weight excluding hydrogens is 421 g/mol. The monoisotopic (exact) mass is 448 g/mol. The average molecular weight is 448 g/mol. The first-order valence-corrected chi connectivity index (χ1v) is 10.3. The normalized spacial score (nSPS) is 17.1.